The van der Waals surface area contributed by atoms with E-state index in [1.807, 2.05) is 73.2 Å². The van der Waals surface area contributed by atoms with Gasteiger partial charge >= 0.3 is 0 Å². The second-order valence-corrected chi connectivity index (χ2v) is 9.41. The van der Waals surface area contributed by atoms with Gasteiger partial charge in [0.15, 0.2) is 16.1 Å². The van der Waals surface area contributed by atoms with Crippen LogP contribution in [0.5, 0.6) is 0 Å². The van der Waals surface area contributed by atoms with Crippen LogP contribution in [0.25, 0.3) is 11.3 Å². The van der Waals surface area contributed by atoms with Crippen LogP contribution in [0.2, 0.25) is 0 Å². The minimum atomic E-state index is -0.0634. The van der Waals surface area contributed by atoms with E-state index in [4.69, 9.17) is 0 Å². The van der Waals surface area contributed by atoms with Crippen molar-refractivity contribution in [2.75, 3.05) is 16.4 Å². The van der Waals surface area contributed by atoms with Crippen LogP contribution in [0, 0.1) is 13.8 Å². The van der Waals surface area contributed by atoms with Gasteiger partial charge in [-0.25, -0.2) is 4.98 Å². The molecule has 4 rings (SSSR count). The number of rotatable bonds is 9. The Bertz CT molecular complexity index is 1210. The third-order valence-corrected chi connectivity index (χ3v) is 6.69. The fourth-order valence-electron chi connectivity index (χ4n) is 3.50. The van der Waals surface area contributed by atoms with E-state index < -0.39 is 0 Å². The highest BCUT2D eigenvalue weighted by molar-refractivity contribution is 7.99. The lowest BCUT2D eigenvalue weighted by Gasteiger charge is -2.09. The average molecular weight is 479 g/mol. The number of anilines is 2. The quantitative estimate of drug-likeness (QED) is 0.314. The molecule has 2 N–H and O–H groups in total. The summed E-state index contributed by atoms with van der Waals surface area (Å²) >= 11 is 2.95. The summed E-state index contributed by atoms with van der Waals surface area (Å²) in [6, 6.07) is 16.1. The fraction of sp³-hybridized carbons (Fsp3) is 0.250. The molecule has 2 aromatic heterocycles. The monoisotopic (exact) mass is 478 g/mol. The highest BCUT2D eigenvalue weighted by atomic mass is 32.2. The van der Waals surface area contributed by atoms with Crippen LogP contribution >= 0.6 is 23.1 Å². The number of amides is 1. The molecule has 7 nitrogen and oxygen atoms in total. The summed E-state index contributed by atoms with van der Waals surface area (Å²) in [5.41, 5.74) is 5.11. The number of hydrogen-bond acceptors (Lipinski definition) is 7. The first-order chi connectivity index (χ1) is 16.0. The molecule has 0 radical (unpaired) electrons. The first kappa shape index (κ1) is 23.0. The van der Waals surface area contributed by atoms with Crippen molar-refractivity contribution in [3.05, 3.63) is 70.9 Å². The number of thioether (sulfide) groups is 1. The molecule has 9 heteroatoms. The standard InChI is InChI=1S/C24H26N6OS2/c1-4-30-21(13-25-23-27-20(14-32-23)18-8-6-5-7-9-18)28-29-24(30)33-15-22(31)26-19-11-16(2)10-17(3)12-19/h5-12,14H,4,13,15H2,1-3H3,(H,25,27)(H,26,31). The van der Waals surface area contributed by atoms with E-state index in [-0.39, 0.29) is 11.7 Å². The van der Waals surface area contributed by atoms with E-state index >= 15 is 0 Å². The first-order valence-corrected chi connectivity index (χ1v) is 12.6. The average Bonchev–Trinajstić information content (AvgIpc) is 3.42. The largest absolute Gasteiger partial charge is 0.354 e. The Hall–Kier alpha value is -3.17. The zero-order valence-corrected chi connectivity index (χ0v) is 20.5. The van der Waals surface area contributed by atoms with E-state index in [1.165, 1.54) is 11.8 Å². The molecule has 1 amide bonds. The predicted molar refractivity (Wildman–Crippen MR) is 136 cm³/mol. The third kappa shape index (κ3) is 6.00. The topological polar surface area (TPSA) is 84.7 Å². The molecule has 170 valence electrons. The van der Waals surface area contributed by atoms with Crippen molar-refractivity contribution in [1.82, 2.24) is 19.7 Å². The lowest BCUT2D eigenvalue weighted by atomic mass is 10.1. The molecule has 4 aromatic rings. The number of nitrogens with one attached hydrogen (secondary N) is 2. The summed E-state index contributed by atoms with van der Waals surface area (Å²) in [4.78, 5) is 17.1. The Kier molecular flexibility index (Phi) is 7.41. The second-order valence-electron chi connectivity index (χ2n) is 7.61. The van der Waals surface area contributed by atoms with Crippen molar-refractivity contribution in [1.29, 1.82) is 0 Å². The van der Waals surface area contributed by atoms with E-state index in [2.05, 4.69) is 31.9 Å². The number of carbonyl (C=O) groups is 1. The normalized spacial score (nSPS) is 10.9. The van der Waals surface area contributed by atoms with Crippen LogP contribution in [0.15, 0.2) is 59.1 Å². The van der Waals surface area contributed by atoms with Crippen molar-refractivity contribution in [2.45, 2.75) is 39.0 Å². The molecule has 33 heavy (non-hydrogen) atoms. The number of hydrogen-bond donors (Lipinski definition) is 2. The van der Waals surface area contributed by atoms with Crippen LogP contribution in [-0.2, 0) is 17.9 Å². The Labute approximate surface area is 201 Å². The minimum Gasteiger partial charge on any atom is -0.354 e. The van der Waals surface area contributed by atoms with E-state index in [9.17, 15) is 4.79 Å². The number of aromatic nitrogens is 4. The summed E-state index contributed by atoms with van der Waals surface area (Å²) in [6.45, 7) is 7.31. The number of thiazole rings is 1. The Morgan fingerprint density at radius 3 is 2.58 bits per heavy atom. The van der Waals surface area contributed by atoms with Gasteiger partial charge in [-0.15, -0.1) is 21.5 Å². The molecular weight excluding hydrogens is 452 g/mol. The maximum atomic E-state index is 12.4. The molecule has 0 atom stereocenters. The van der Waals surface area contributed by atoms with Gasteiger partial charge in [0.05, 0.1) is 18.0 Å². The maximum Gasteiger partial charge on any atom is 0.234 e. The third-order valence-electron chi connectivity index (χ3n) is 4.92. The summed E-state index contributed by atoms with van der Waals surface area (Å²) in [5.74, 6) is 1.02. The number of benzene rings is 2. The lowest BCUT2D eigenvalue weighted by molar-refractivity contribution is -0.113. The maximum absolute atomic E-state index is 12.4. The zero-order chi connectivity index (χ0) is 23.2. The first-order valence-electron chi connectivity index (χ1n) is 10.7. The van der Waals surface area contributed by atoms with Gasteiger partial charge in [-0.1, -0.05) is 48.2 Å². The van der Waals surface area contributed by atoms with Crippen molar-refractivity contribution in [2.24, 2.45) is 0 Å². The molecule has 0 aliphatic heterocycles. The highest BCUT2D eigenvalue weighted by Crippen LogP contribution is 2.25. The van der Waals surface area contributed by atoms with Gasteiger partial charge in [-0.2, -0.15) is 0 Å². The summed E-state index contributed by atoms with van der Waals surface area (Å²) in [5, 5.41) is 18.5. The van der Waals surface area contributed by atoms with Crippen molar-refractivity contribution in [3.63, 3.8) is 0 Å². The molecule has 0 saturated carbocycles. The molecule has 2 heterocycles. The SMILES string of the molecule is CCn1c(CNc2nc(-c3ccccc3)cs2)nnc1SCC(=O)Nc1cc(C)cc(C)c1. The van der Waals surface area contributed by atoms with Gasteiger partial charge < -0.3 is 15.2 Å². The smallest absolute Gasteiger partial charge is 0.234 e. The predicted octanol–water partition coefficient (Wildman–Crippen LogP) is 5.38. The van der Waals surface area contributed by atoms with Gasteiger partial charge in [-0.3, -0.25) is 4.79 Å². The van der Waals surface area contributed by atoms with Gasteiger partial charge in [0, 0.05) is 23.2 Å². The minimum absolute atomic E-state index is 0.0634. The van der Waals surface area contributed by atoms with Crippen LogP contribution in [0.4, 0.5) is 10.8 Å². The molecule has 0 unspecified atom stereocenters. The fourth-order valence-corrected chi connectivity index (χ4v) is 5.04. The molecule has 0 bridgehead atoms. The summed E-state index contributed by atoms with van der Waals surface area (Å²) in [6.07, 6.45) is 0. The number of aryl methyl sites for hydroxylation is 2. The number of carbonyl (C=O) groups excluding carboxylic acids is 1. The number of nitrogens with zero attached hydrogens (tertiary/aromatic N) is 4. The van der Waals surface area contributed by atoms with Gasteiger partial charge in [0.2, 0.25) is 5.91 Å². The van der Waals surface area contributed by atoms with Crippen LogP contribution in [-0.4, -0.2) is 31.4 Å². The van der Waals surface area contributed by atoms with E-state index in [1.54, 1.807) is 11.3 Å². The molecule has 0 aliphatic rings. The summed E-state index contributed by atoms with van der Waals surface area (Å²) in [7, 11) is 0. The summed E-state index contributed by atoms with van der Waals surface area (Å²) < 4.78 is 2.02. The van der Waals surface area contributed by atoms with Crippen LogP contribution < -0.4 is 10.6 Å². The molecule has 0 aliphatic carbocycles. The van der Waals surface area contributed by atoms with Gasteiger partial charge in [0.25, 0.3) is 0 Å². The Balaban J connectivity index is 1.34. The lowest BCUT2D eigenvalue weighted by Crippen LogP contribution is -2.15. The highest BCUT2D eigenvalue weighted by Gasteiger charge is 2.14. The molecule has 0 fully saturated rings. The van der Waals surface area contributed by atoms with E-state index in [0.29, 0.717) is 6.54 Å². The van der Waals surface area contributed by atoms with Crippen molar-refractivity contribution in [3.8, 4) is 11.3 Å². The molecular formula is C24H26N6OS2. The van der Waals surface area contributed by atoms with Crippen molar-refractivity contribution < 1.29 is 4.79 Å². The van der Waals surface area contributed by atoms with Gasteiger partial charge in [0.1, 0.15) is 0 Å². The van der Waals surface area contributed by atoms with Crippen LogP contribution in [0.3, 0.4) is 0 Å². The molecule has 2 aromatic carbocycles. The Morgan fingerprint density at radius 2 is 1.85 bits per heavy atom. The Morgan fingerprint density at radius 1 is 1.09 bits per heavy atom. The van der Waals surface area contributed by atoms with E-state index in [0.717, 1.165) is 50.7 Å². The van der Waals surface area contributed by atoms with Crippen LogP contribution in [0.1, 0.15) is 23.9 Å². The van der Waals surface area contributed by atoms with Crippen molar-refractivity contribution >= 4 is 39.8 Å². The molecule has 0 saturated heterocycles. The van der Waals surface area contributed by atoms with Gasteiger partial charge in [-0.05, 0) is 44.0 Å². The zero-order valence-electron chi connectivity index (χ0n) is 18.8. The second kappa shape index (κ2) is 10.6. The molecule has 0 spiro atoms.